The number of halogens is 2. The number of fused-ring (bicyclic) bond motifs is 1. The molecule has 11 heavy (non-hydrogen) atoms. The molecule has 0 aliphatic heterocycles. The molecule has 2 aromatic rings. The molecule has 1 aromatic heterocycles. The van der Waals surface area contributed by atoms with Gasteiger partial charge in [-0.1, -0.05) is 0 Å². The zero-order chi connectivity index (χ0) is 7.84. The van der Waals surface area contributed by atoms with Crippen molar-refractivity contribution < 1.29 is 4.39 Å². The summed E-state index contributed by atoms with van der Waals surface area (Å²) in [7, 11) is 0. The molecule has 0 saturated carbocycles. The third kappa shape index (κ3) is 0.959. The summed E-state index contributed by atoms with van der Waals surface area (Å²) in [6, 6.07) is 5.24. The van der Waals surface area contributed by atoms with Crippen LogP contribution >= 0.6 is 15.9 Å². The van der Waals surface area contributed by atoms with Crippen LogP contribution in [0, 0.1) is 5.82 Å². The van der Waals surface area contributed by atoms with Crippen LogP contribution in [-0.2, 0) is 0 Å². The first-order valence-corrected chi connectivity index (χ1v) is 3.99. The van der Waals surface area contributed by atoms with Crippen LogP contribution in [0.5, 0.6) is 0 Å². The quantitative estimate of drug-likeness (QED) is 0.693. The van der Waals surface area contributed by atoms with Gasteiger partial charge in [0.2, 0.25) is 0 Å². The second-order valence-electron chi connectivity index (χ2n) is 2.30. The zero-order valence-electron chi connectivity index (χ0n) is 5.57. The molecule has 0 aliphatic rings. The Morgan fingerprint density at radius 2 is 2.09 bits per heavy atom. The van der Waals surface area contributed by atoms with E-state index < -0.39 is 0 Å². The van der Waals surface area contributed by atoms with E-state index in [2.05, 4.69) is 20.9 Å². The number of hydrogen-bond acceptors (Lipinski definition) is 0. The Balaban J connectivity index is 2.93. The summed E-state index contributed by atoms with van der Waals surface area (Å²) in [5.41, 5.74) is 0.825. The molecule has 56 valence electrons. The molecule has 2 rings (SSSR count). The van der Waals surface area contributed by atoms with Crippen LogP contribution in [0.1, 0.15) is 0 Å². The summed E-state index contributed by atoms with van der Waals surface area (Å²) in [5, 5.41) is 0.624. The minimum atomic E-state index is -0.205. The zero-order valence-corrected chi connectivity index (χ0v) is 7.15. The number of H-pyrrole nitrogens is 1. The average Bonchev–Trinajstić information content (AvgIpc) is 2.45. The first kappa shape index (κ1) is 6.85. The van der Waals surface area contributed by atoms with Crippen LogP contribution in [0.15, 0.2) is 28.9 Å². The van der Waals surface area contributed by atoms with E-state index in [1.807, 2.05) is 6.07 Å². The molecule has 0 amide bonds. The number of nitrogens with one attached hydrogen (secondary N) is 1. The smallest absolute Gasteiger partial charge is 0.146 e. The molecule has 0 aliphatic carbocycles. The summed E-state index contributed by atoms with van der Waals surface area (Å²) < 4.78 is 13.7. The van der Waals surface area contributed by atoms with Crippen molar-refractivity contribution in [3.8, 4) is 0 Å². The predicted molar refractivity (Wildman–Crippen MR) is 46.0 cm³/mol. The van der Waals surface area contributed by atoms with Crippen molar-refractivity contribution in [2.45, 2.75) is 0 Å². The van der Waals surface area contributed by atoms with E-state index in [-0.39, 0.29) is 5.82 Å². The minimum Gasteiger partial charge on any atom is -0.361 e. The molecule has 0 atom stereocenters. The van der Waals surface area contributed by atoms with E-state index >= 15 is 0 Å². The molecule has 0 fully saturated rings. The lowest BCUT2D eigenvalue weighted by atomic mass is 10.2. The SMILES string of the molecule is Fc1c(Br)ccc2[nH]ccc12. The normalized spacial score (nSPS) is 10.7. The van der Waals surface area contributed by atoms with E-state index in [0.717, 1.165) is 5.52 Å². The van der Waals surface area contributed by atoms with Crippen molar-refractivity contribution in [3.63, 3.8) is 0 Å². The number of hydrogen-bond donors (Lipinski definition) is 1. The Morgan fingerprint density at radius 3 is 2.91 bits per heavy atom. The molecule has 1 heterocycles. The monoisotopic (exact) mass is 213 g/mol. The van der Waals surface area contributed by atoms with Crippen molar-refractivity contribution in [1.82, 2.24) is 4.98 Å². The van der Waals surface area contributed by atoms with Gasteiger partial charge in [-0.2, -0.15) is 0 Å². The van der Waals surface area contributed by atoms with E-state index in [9.17, 15) is 4.39 Å². The summed E-state index contributed by atoms with van der Waals surface area (Å²) >= 11 is 3.11. The molecule has 0 saturated heterocycles. The number of aromatic amines is 1. The van der Waals surface area contributed by atoms with Gasteiger partial charge in [0.25, 0.3) is 0 Å². The Kier molecular flexibility index (Phi) is 1.46. The van der Waals surface area contributed by atoms with E-state index in [0.29, 0.717) is 9.86 Å². The molecule has 0 spiro atoms. The molecule has 0 unspecified atom stereocenters. The predicted octanol–water partition coefficient (Wildman–Crippen LogP) is 3.07. The van der Waals surface area contributed by atoms with Crippen molar-refractivity contribution in [2.75, 3.05) is 0 Å². The largest absolute Gasteiger partial charge is 0.361 e. The van der Waals surface area contributed by atoms with Gasteiger partial charge < -0.3 is 4.98 Å². The summed E-state index contributed by atoms with van der Waals surface area (Å²) in [5.74, 6) is -0.205. The van der Waals surface area contributed by atoms with Crippen molar-refractivity contribution in [1.29, 1.82) is 0 Å². The second kappa shape index (κ2) is 2.34. The van der Waals surface area contributed by atoms with E-state index in [1.54, 1.807) is 18.3 Å². The van der Waals surface area contributed by atoms with Gasteiger partial charge in [-0.15, -0.1) is 0 Å². The molecule has 0 radical (unpaired) electrons. The maximum absolute atomic E-state index is 13.2. The average molecular weight is 214 g/mol. The minimum absolute atomic E-state index is 0.205. The molecule has 0 bridgehead atoms. The fourth-order valence-electron chi connectivity index (χ4n) is 1.07. The lowest BCUT2D eigenvalue weighted by molar-refractivity contribution is 0.633. The van der Waals surface area contributed by atoms with Gasteiger partial charge in [0.05, 0.1) is 4.47 Å². The fraction of sp³-hybridized carbons (Fsp3) is 0. The van der Waals surface area contributed by atoms with Gasteiger partial charge in [-0.3, -0.25) is 0 Å². The molecule has 1 nitrogen and oxygen atoms in total. The van der Waals surface area contributed by atoms with Gasteiger partial charge in [0, 0.05) is 17.1 Å². The van der Waals surface area contributed by atoms with Crippen LogP contribution in [0.2, 0.25) is 0 Å². The highest BCUT2D eigenvalue weighted by Crippen LogP contribution is 2.23. The highest BCUT2D eigenvalue weighted by Gasteiger charge is 2.03. The van der Waals surface area contributed by atoms with Gasteiger partial charge in [0.1, 0.15) is 5.82 Å². The summed E-state index contributed by atoms with van der Waals surface area (Å²) in [6.07, 6.45) is 1.72. The first-order chi connectivity index (χ1) is 5.29. The Hall–Kier alpha value is -0.830. The van der Waals surface area contributed by atoms with Crippen LogP contribution in [0.25, 0.3) is 10.9 Å². The highest BCUT2D eigenvalue weighted by atomic mass is 79.9. The molecule has 1 aromatic carbocycles. The third-order valence-electron chi connectivity index (χ3n) is 1.62. The lowest BCUT2D eigenvalue weighted by Crippen LogP contribution is -1.77. The number of rotatable bonds is 0. The summed E-state index contributed by atoms with van der Waals surface area (Å²) in [6.45, 7) is 0. The number of aromatic nitrogens is 1. The maximum Gasteiger partial charge on any atom is 0.146 e. The van der Waals surface area contributed by atoms with Crippen molar-refractivity contribution >= 4 is 26.8 Å². The maximum atomic E-state index is 13.2. The van der Waals surface area contributed by atoms with Gasteiger partial charge in [-0.05, 0) is 34.1 Å². The molecule has 3 heteroatoms. The van der Waals surface area contributed by atoms with Crippen molar-refractivity contribution in [3.05, 3.63) is 34.7 Å². The summed E-state index contributed by atoms with van der Waals surface area (Å²) in [4.78, 5) is 2.93. The Morgan fingerprint density at radius 1 is 1.27 bits per heavy atom. The van der Waals surface area contributed by atoms with Crippen LogP contribution in [0.4, 0.5) is 4.39 Å². The fourth-order valence-corrected chi connectivity index (χ4v) is 1.42. The topological polar surface area (TPSA) is 15.8 Å². The third-order valence-corrected chi connectivity index (χ3v) is 2.23. The van der Waals surface area contributed by atoms with E-state index in [1.165, 1.54) is 0 Å². The lowest BCUT2D eigenvalue weighted by Gasteiger charge is -1.94. The van der Waals surface area contributed by atoms with E-state index in [4.69, 9.17) is 0 Å². The number of benzene rings is 1. The van der Waals surface area contributed by atoms with Gasteiger partial charge in [0.15, 0.2) is 0 Å². The van der Waals surface area contributed by atoms with Gasteiger partial charge >= 0.3 is 0 Å². The van der Waals surface area contributed by atoms with Crippen molar-refractivity contribution in [2.24, 2.45) is 0 Å². The standard InChI is InChI=1S/C8H5BrFN/c9-6-1-2-7-5(8(6)10)3-4-11-7/h1-4,11H. The van der Waals surface area contributed by atoms with Crippen LogP contribution < -0.4 is 0 Å². The first-order valence-electron chi connectivity index (χ1n) is 3.20. The highest BCUT2D eigenvalue weighted by molar-refractivity contribution is 9.10. The molecule has 1 N–H and O–H groups in total. The molecular weight excluding hydrogens is 209 g/mol. The van der Waals surface area contributed by atoms with Crippen LogP contribution in [-0.4, -0.2) is 4.98 Å². The Labute approximate surface area is 71.4 Å². The second-order valence-corrected chi connectivity index (χ2v) is 3.15. The molecular formula is C8H5BrFN. The Bertz CT molecular complexity index is 394. The van der Waals surface area contributed by atoms with Gasteiger partial charge in [-0.25, -0.2) is 4.39 Å². The van der Waals surface area contributed by atoms with Crippen LogP contribution in [0.3, 0.4) is 0 Å².